The smallest absolute Gasteiger partial charge is 0.251 e. The van der Waals surface area contributed by atoms with Crippen molar-refractivity contribution in [2.45, 2.75) is 20.4 Å². The van der Waals surface area contributed by atoms with Gasteiger partial charge in [0.15, 0.2) is 0 Å². The largest absolute Gasteiger partial charge is 0.384 e. The summed E-state index contributed by atoms with van der Waals surface area (Å²) in [5.74, 6) is -0.146. The van der Waals surface area contributed by atoms with E-state index in [0.29, 0.717) is 29.1 Å². The Morgan fingerprint density at radius 3 is 2.55 bits per heavy atom. The Bertz CT molecular complexity index is 632. The van der Waals surface area contributed by atoms with Gasteiger partial charge < -0.3 is 11.1 Å². The molecular formula is C15H16FN3O. The van der Waals surface area contributed by atoms with Crippen molar-refractivity contribution in [1.29, 1.82) is 0 Å². The van der Waals surface area contributed by atoms with Crippen molar-refractivity contribution in [2.24, 2.45) is 0 Å². The van der Waals surface area contributed by atoms with Gasteiger partial charge in [0, 0.05) is 18.3 Å². The highest BCUT2D eigenvalue weighted by atomic mass is 19.1. The molecule has 20 heavy (non-hydrogen) atoms. The van der Waals surface area contributed by atoms with E-state index in [1.165, 1.54) is 12.3 Å². The quantitative estimate of drug-likeness (QED) is 0.902. The van der Waals surface area contributed by atoms with Gasteiger partial charge in [-0.25, -0.2) is 9.37 Å². The molecule has 0 unspecified atom stereocenters. The van der Waals surface area contributed by atoms with Crippen LogP contribution in [0.25, 0.3) is 0 Å². The number of carbonyl (C=O) groups excluding carboxylic acids is 1. The zero-order chi connectivity index (χ0) is 14.7. The van der Waals surface area contributed by atoms with Crippen molar-refractivity contribution in [3.05, 3.63) is 58.5 Å². The topological polar surface area (TPSA) is 68.0 Å². The third kappa shape index (κ3) is 3.12. The summed E-state index contributed by atoms with van der Waals surface area (Å²) in [6.07, 6.45) is 1.48. The van der Waals surface area contributed by atoms with Crippen LogP contribution in [-0.2, 0) is 6.54 Å². The second-order valence-corrected chi connectivity index (χ2v) is 4.70. The van der Waals surface area contributed by atoms with Crippen LogP contribution in [0.4, 0.5) is 10.2 Å². The normalized spacial score (nSPS) is 10.3. The molecule has 3 N–H and O–H groups in total. The zero-order valence-electron chi connectivity index (χ0n) is 11.4. The first-order valence-corrected chi connectivity index (χ1v) is 6.22. The average Bonchev–Trinajstić information content (AvgIpc) is 2.42. The number of carbonyl (C=O) groups is 1. The number of nitrogens with zero attached hydrogens (tertiary/aromatic N) is 1. The molecule has 104 valence electrons. The summed E-state index contributed by atoms with van der Waals surface area (Å²) >= 11 is 0. The highest BCUT2D eigenvalue weighted by molar-refractivity contribution is 5.94. The SMILES string of the molecule is Cc1cc(CNC(=O)c2ccnc(N)c2)cc(C)c1F. The summed E-state index contributed by atoms with van der Waals surface area (Å²) in [5.41, 5.74) is 7.98. The second-order valence-electron chi connectivity index (χ2n) is 4.70. The first-order chi connectivity index (χ1) is 9.47. The van der Waals surface area contributed by atoms with Crippen LogP contribution in [0, 0.1) is 19.7 Å². The number of aromatic nitrogens is 1. The number of hydrogen-bond donors (Lipinski definition) is 2. The van der Waals surface area contributed by atoms with Crippen molar-refractivity contribution in [1.82, 2.24) is 10.3 Å². The van der Waals surface area contributed by atoms with Crippen molar-refractivity contribution in [3.8, 4) is 0 Å². The number of rotatable bonds is 3. The molecule has 1 aromatic carbocycles. The van der Waals surface area contributed by atoms with Gasteiger partial charge in [-0.1, -0.05) is 12.1 Å². The Morgan fingerprint density at radius 2 is 1.95 bits per heavy atom. The minimum absolute atomic E-state index is 0.206. The van der Waals surface area contributed by atoms with E-state index in [1.54, 1.807) is 32.0 Å². The van der Waals surface area contributed by atoms with Crippen LogP contribution in [0.2, 0.25) is 0 Å². The van der Waals surface area contributed by atoms with Crippen LogP contribution in [0.5, 0.6) is 0 Å². The molecule has 1 heterocycles. The molecule has 0 radical (unpaired) electrons. The number of nitrogens with two attached hydrogens (primary N) is 1. The van der Waals surface area contributed by atoms with Crippen molar-refractivity contribution in [2.75, 3.05) is 5.73 Å². The van der Waals surface area contributed by atoms with Gasteiger partial charge in [0.05, 0.1) is 0 Å². The number of nitrogen functional groups attached to an aromatic ring is 1. The number of anilines is 1. The average molecular weight is 273 g/mol. The summed E-state index contributed by atoms with van der Waals surface area (Å²) in [6.45, 7) is 3.75. The van der Waals surface area contributed by atoms with Crippen LogP contribution in [-0.4, -0.2) is 10.9 Å². The summed E-state index contributed by atoms with van der Waals surface area (Å²) in [4.78, 5) is 15.8. The molecule has 0 atom stereocenters. The van der Waals surface area contributed by atoms with Gasteiger partial charge in [0.2, 0.25) is 0 Å². The summed E-state index contributed by atoms with van der Waals surface area (Å²) < 4.78 is 13.5. The van der Waals surface area contributed by atoms with Crippen LogP contribution in [0.1, 0.15) is 27.0 Å². The molecule has 0 bridgehead atoms. The lowest BCUT2D eigenvalue weighted by molar-refractivity contribution is 0.0951. The molecule has 2 aromatic rings. The van der Waals surface area contributed by atoms with Crippen LogP contribution in [0.3, 0.4) is 0 Å². The number of benzene rings is 1. The zero-order valence-corrected chi connectivity index (χ0v) is 11.4. The molecule has 0 aliphatic rings. The minimum atomic E-state index is -0.237. The minimum Gasteiger partial charge on any atom is -0.384 e. The van der Waals surface area contributed by atoms with E-state index < -0.39 is 0 Å². The van der Waals surface area contributed by atoms with Crippen LogP contribution >= 0.6 is 0 Å². The Morgan fingerprint density at radius 1 is 1.30 bits per heavy atom. The molecule has 1 amide bonds. The molecular weight excluding hydrogens is 257 g/mol. The predicted octanol–water partition coefficient (Wildman–Crippen LogP) is 2.35. The molecule has 4 nitrogen and oxygen atoms in total. The monoisotopic (exact) mass is 273 g/mol. The Balaban J connectivity index is 2.07. The molecule has 0 aliphatic carbocycles. The van der Waals surface area contributed by atoms with Gasteiger partial charge in [0.25, 0.3) is 5.91 Å². The first-order valence-electron chi connectivity index (χ1n) is 6.22. The van der Waals surface area contributed by atoms with Crippen molar-refractivity contribution in [3.63, 3.8) is 0 Å². The lowest BCUT2D eigenvalue weighted by Crippen LogP contribution is -2.23. The molecule has 0 saturated heterocycles. The number of amides is 1. The van der Waals surface area contributed by atoms with Crippen molar-refractivity contribution < 1.29 is 9.18 Å². The predicted molar refractivity (Wildman–Crippen MR) is 75.7 cm³/mol. The van der Waals surface area contributed by atoms with E-state index in [1.807, 2.05) is 0 Å². The third-order valence-electron chi connectivity index (χ3n) is 2.99. The number of nitrogens with one attached hydrogen (secondary N) is 1. The van der Waals surface area contributed by atoms with Gasteiger partial charge >= 0.3 is 0 Å². The molecule has 5 heteroatoms. The summed E-state index contributed by atoms with van der Waals surface area (Å²) in [6, 6.07) is 6.55. The van der Waals surface area contributed by atoms with E-state index in [9.17, 15) is 9.18 Å². The molecule has 0 spiro atoms. The Labute approximate surface area is 116 Å². The van der Waals surface area contributed by atoms with Crippen LogP contribution < -0.4 is 11.1 Å². The molecule has 0 aliphatic heterocycles. The number of hydrogen-bond acceptors (Lipinski definition) is 3. The molecule has 0 fully saturated rings. The summed E-state index contributed by atoms with van der Waals surface area (Å²) in [7, 11) is 0. The van der Waals surface area contributed by atoms with Gasteiger partial charge in [-0.3, -0.25) is 4.79 Å². The Hall–Kier alpha value is -2.43. The fourth-order valence-electron chi connectivity index (χ4n) is 2.01. The summed E-state index contributed by atoms with van der Waals surface area (Å²) in [5, 5.41) is 2.77. The maximum Gasteiger partial charge on any atom is 0.251 e. The number of aryl methyl sites for hydroxylation is 2. The second kappa shape index (κ2) is 5.69. The molecule has 1 aromatic heterocycles. The van der Waals surface area contributed by atoms with E-state index in [2.05, 4.69) is 10.3 Å². The van der Waals surface area contributed by atoms with Gasteiger partial charge in [0.1, 0.15) is 11.6 Å². The van der Waals surface area contributed by atoms with E-state index in [-0.39, 0.29) is 11.7 Å². The highest BCUT2D eigenvalue weighted by Gasteiger charge is 2.08. The lowest BCUT2D eigenvalue weighted by atomic mass is 10.1. The van der Waals surface area contributed by atoms with Gasteiger partial charge in [-0.05, 0) is 42.7 Å². The van der Waals surface area contributed by atoms with Crippen molar-refractivity contribution >= 4 is 11.7 Å². The van der Waals surface area contributed by atoms with E-state index in [0.717, 1.165) is 5.56 Å². The fourth-order valence-corrected chi connectivity index (χ4v) is 2.01. The molecule has 0 saturated carbocycles. The third-order valence-corrected chi connectivity index (χ3v) is 2.99. The maximum atomic E-state index is 13.5. The molecule has 2 rings (SSSR count). The first kappa shape index (κ1) is 14.0. The van der Waals surface area contributed by atoms with Gasteiger partial charge in [-0.2, -0.15) is 0 Å². The van der Waals surface area contributed by atoms with Crippen LogP contribution in [0.15, 0.2) is 30.5 Å². The number of halogens is 1. The van der Waals surface area contributed by atoms with E-state index >= 15 is 0 Å². The fraction of sp³-hybridized carbons (Fsp3) is 0.200. The van der Waals surface area contributed by atoms with E-state index in [4.69, 9.17) is 5.73 Å². The maximum absolute atomic E-state index is 13.5. The van der Waals surface area contributed by atoms with Gasteiger partial charge in [-0.15, -0.1) is 0 Å². The number of pyridine rings is 1. The Kier molecular flexibility index (Phi) is 3.98. The highest BCUT2D eigenvalue weighted by Crippen LogP contribution is 2.14. The standard InChI is InChI=1S/C15H16FN3O/c1-9-5-11(6-10(2)14(9)16)8-19-15(20)12-3-4-18-13(17)7-12/h3-7H,8H2,1-2H3,(H2,17,18)(H,19,20). The lowest BCUT2D eigenvalue weighted by Gasteiger charge is -2.09.